The molecule has 0 amide bonds. The summed E-state index contributed by atoms with van der Waals surface area (Å²) in [4.78, 5) is 23.8. The van der Waals surface area contributed by atoms with Crippen LogP contribution in [0.2, 0.25) is 0 Å². The van der Waals surface area contributed by atoms with Gasteiger partial charge in [-0.25, -0.2) is 0 Å². The Kier molecular flexibility index (Phi) is 6.11. The summed E-state index contributed by atoms with van der Waals surface area (Å²) in [7, 11) is 0. The fourth-order valence-electron chi connectivity index (χ4n) is 1.51. The minimum Gasteiger partial charge on any atom is -0.465 e. The van der Waals surface area contributed by atoms with Crippen LogP contribution in [0.1, 0.15) is 25.3 Å². The SMILES string of the molecule is CCOC(=O)C(C(=O)OCC)c1ccccc1I. The lowest BCUT2D eigenvalue weighted by atomic mass is 9.99. The van der Waals surface area contributed by atoms with Crippen molar-refractivity contribution in [2.45, 2.75) is 19.8 Å². The lowest BCUT2D eigenvalue weighted by Gasteiger charge is -2.15. The van der Waals surface area contributed by atoms with Crippen molar-refractivity contribution in [1.29, 1.82) is 0 Å². The predicted molar refractivity (Wildman–Crippen MR) is 75.2 cm³/mol. The van der Waals surface area contributed by atoms with Gasteiger partial charge in [0.05, 0.1) is 13.2 Å². The van der Waals surface area contributed by atoms with Crippen LogP contribution >= 0.6 is 22.6 Å². The molecule has 0 aliphatic heterocycles. The average molecular weight is 362 g/mol. The normalized spacial score (nSPS) is 10.2. The van der Waals surface area contributed by atoms with Crippen LogP contribution < -0.4 is 0 Å². The zero-order valence-electron chi connectivity index (χ0n) is 10.3. The maximum absolute atomic E-state index is 11.9. The van der Waals surface area contributed by atoms with Crippen LogP contribution in [0.3, 0.4) is 0 Å². The van der Waals surface area contributed by atoms with E-state index in [9.17, 15) is 9.59 Å². The minimum absolute atomic E-state index is 0.234. The fourth-order valence-corrected chi connectivity index (χ4v) is 2.21. The van der Waals surface area contributed by atoms with Crippen LogP contribution in [0.15, 0.2) is 24.3 Å². The lowest BCUT2D eigenvalue weighted by molar-refractivity contribution is -0.156. The second kappa shape index (κ2) is 7.35. The molecule has 0 aromatic heterocycles. The zero-order valence-corrected chi connectivity index (χ0v) is 12.5. The highest BCUT2D eigenvalue weighted by Gasteiger charge is 2.32. The highest BCUT2D eigenvalue weighted by atomic mass is 127. The van der Waals surface area contributed by atoms with Gasteiger partial charge in [0.15, 0.2) is 5.92 Å². The quantitative estimate of drug-likeness (QED) is 0.459. The van der Waals surface area contributed by atoms with Gasteiger partial charge in [0, 0.05) is 3.57 Å². The molecule has 0 fully saturated rings. The van der Waals surface area contributed by atoms with E-state index in [0.717, 1.165) is 3.57 Å². The molecule has 1 aromatic rings. The molecule has 0 spiro atoms. The number of rotatable bonds is 5. The molecule has 0 unspecified atom stereocenters. The summed E-state index contributed by atoms with van der Waals surface area (Å²) in [5.41, 5.74) is 0.620. The number of hydrogen-bond acceptors (Lipinski definition) is 4. The Hall–Kier alpha value is -1.11. The van der Waals surface area contributed by atoms with Crippen LogP contribution in [0.5, 0.6) is 0 Å². The van der Waals surface area contributed by atoms with E-state index in [4.69, 9.17) is 9.47 Å². The summed E-state index contributed by atoms with van der Waals surface area (Å²) in [6.07, 6.45) is 0. The van der Waals surface area contributed by atoms with Crippen LogP contribution in [-0.2, 0) is 19.1 Å². The molecule has 98 valence electrons. The van der Waals surface area contributed by atoms with E-state index in [1.54, 1.807) is 26.0 Å². The molecule has 18 heavy (non-hydrogen) atoms. The van der Waals surface area contributed by atoms with Gasteiger partial charge >= 0.3 is 11.9 Å². The number of ether oxygens (including phenoxy) is 2. The van der Waals surface area contributed by atoms with Gasteiger partial charge in [-0.15, -0.1) is 0 Å². The van der Waals surface area contributed by atoms with Gasteiger partial charge in [-0.2, -0.15) is 0 Å². The number of halogens is 1. The van der Waals surface area contributed by atoms with Crippen LogP contribution in [0.25, 0.3) is 0 Å². The second-order valence-corrected chi connectivity index (χ2v) is 4.62. The smallest absolute Gasteiger partial charge is 0.324 e. The van der Waals surface area contributed by atoms with Crippen molar-refractivity contribution in [3.05, 3.63) is 33.4 Å². The van der Waals surface area contributed by atoms with Crippen molar-refractivity contribution in [1.82, 2.24) is 0 Å². The summed E-state index contributed by atoms with van der Waals surface area (Å²) in [6.45, 7) is 3.88. The summed E-state index contributed by atoms with van der Waals surface area (Å²) >= 11 is 2.08. The van der Waals surface area contributed by atoms with E-state index in [0.29, 0.717) is 5.56 Å². The molecule has 0 radical (unpaired) electrons. The first-order valence-electron chi connectivity index (χ1n) is 5.69. The van der Waals surface area contributed by atoms with Crippen molar-refractivity contribution < 1.29 is 19.1 Å². The molecular formula is C13H15IO4. The third-order valence-electron chi connectivity index (χ3n) is 2.26. The van der Waals surface area contributed by atoms with E-state index in [1.165, 1.54) is 0 Å². The molecule has 0 bridgehead atoms. The highest BCUT2D eigenvalue weighted by Crippen LogP contribution is 2.24. The van der Waals surface area contributed by atoms with Crippen LogP contribution in [0.4, 0.5) is 0 Å². The average Bonchev–Trinajstić information content (AvgIpc) is 2.33. The molecule has 0 N–H and O–H groups in total. The fraction of sp³-hybridized carbons (Fsp3) is 0.385. The largest absolute Gasteiger partial charge is 0.465 e. The molecule has 0 aliphatic carbocycles. The summed E-state index contributed by atoms with van der Waals surface area (Å²) in [6, 6.07) is 7.20. The van der Waals surface area contributed by atoms with E-state index in [-0.39, 0.29) is 13.2 Å². The summed E-state index contributed by atoms with van der Waals surface area (Å²) in [5, 5.41) is 0. The number of benzene rings is 1. The van der Waals surface area contributed by atoms with Gasteiger partial charge in [0.1, 0.15) is 0 Å². The molecular weight excluding hydrogens is 347 g/mol. The number of carbonyl (C=O) groups excluding carboxylic acids is 2. The standard InChI is InChI=1S/C13H15IO4/c1-3-17-12(15)11(13(16)18-4-2)9-7-5-6-8-10(9)14/h5-8,11H,3-4H2,1-2H3. The van der Waals surface area contributed by atoms with Gasteiger partial charge in [-0.05, 0) is 48.1 Å². The first-order valence-corrected chi connectivity index (χ1v) is 6.77. The van der Waals surface area contributed by atoms with Crippen molar-refractivity contribution in [3.63, 3.8) is 0 Å². The van der Waals surface area contributed by atoms with Crippen molar-refractivity contribution in [2.24, 2.45) is 0 Å². The first-order chi connectivity index (χ1) is 8.61. The number of esters is 2. The Balaban J connectivity index is 3.08. The lowest BCUT2D eigenvalue weighted by Crippen LogP contribution is -2.26. The molecule has 0 aliphatic rings. The maximum atomic E-state index is 11.9. The molecule has 5 heteroatoms. The van der Waals surface area contributed by atoms with Gasteiger partial charge in [0.2, 0.25) is 0 Å². The topological polar surface area (TPSA) is 52.6 Å². The Morgan fingerprint density at radius 3 is 2.06 bits per heavy atom. The maximum Gasteiger partial charge on any atom is 0.324 e. The van der Waals surface area contributed by atoms with Gasteiger partial charge < -0.3 is 9.47 Å². The van der Waals surface area contributed by atoms with Crippen LogP contribution in [-0.4, -0.2) is 25.2 Å². The van der Waals surface area contributed by atoms with Gasteiger partial charge in [-0.1, -0.05) is 18.2 Å². The monoisotopic (exact) mass is 362 g/mol. The van der Waals surface area contributed by atoms with Crippen LogP contribution in [0, 0.1) is 3.57 Å². The molecule has 0 saturated carbocycles. The Labute approximate surface area is 120 Å². The third kappa shape index (κ3) is 3.69. The van der Waals surface area contributed by atoms with E-state index < -0.39 is 17.9 Å². The number of carbonyl (C=O) groups is 2. The Bertz CT molecular complexity index is 413. The summed E-state index contributed by atoms with van der Waals surface area (Å²) < 4.78 is 10.7. The van der Waals surface area contributed by atoms with Gasteiger partial charge in [0.25, 0.3) is 0 Å². The molecule has 1 rings (SSSR count). The third-order valence-corrected chi connectivity index (χ3v) is 3.24. The highest BCUT2D eigenvalue weighted by molar-refractivity contribution is 14.1. The Morgan fingerprint density at radius 1 is 1.11 bits per heavy atom. The zero-order chi connectivity index (χ0) is 13.5. The van der Waals surface area contributed by atoms with E-state index in [1.807, 2.05) is 12.1 Å². The first kappa shape index (κ1) is 14.9. The molecule has 0 heterocycles. The Morgan fingerprint density at radius 2 is 1.61 bits per heavy atom. The van der Waals surface area contributed by atoms with Crippen molar-refractivity contribution >= 4 is 34.5 Å². The van der Waals surface area contributed by atoms with Crippen molar-refractivity contribution in [2.75, 3.05) is 13.2 Å². The molecule has 1 aromatic carbocycles. The molecule has 0 saturated heterocycles. The van der Waals surface area contributed by atoms with E-state index >= 15 is 0 Å². The molecule has 4 nitrogen and oxygen atoms in total. The molecule has 0 atom stereocenters. The van der Waals surface area contributed by atoms with Gasteiger partial charge in [-0.3, -0.25) is 9.59 Å². The summed E-state index contributed by atoms with van der Waals surface area (Å²) in [5.74, 6) is -2.14. The minimum atomic E-state index is -1.00. The van der Waals surface area contributed by atoms with Crippen molar-refractivity contribution in [3.8, 4) is 0 Å². The second-order valence-electron chi connectivity index (χ2n) is 3.46. The number of hydrogen-bond donors (Lipinski definition) is 0. The predicted octanol–water partition coefficient (Wildman–Crippen LogP) is 2.50. The van der Waals surface area contributed by atoms with E-state index in [2.05, 4.69) is 22.6 Å².